The van der Waals surface area contributed by atoms with Gasteiger partial charge in [-0.3, -0.25) is 0 Å². The Morgan fingerprint density at radius 2 is 2.25 bits per heavy atom. The Balaban J connectivity index is 2.09. The van der Waals surface area contributed by atoms with Crippen molar-refractivity contribution < 1.29 is 4.74 Å². The number of para-hydroxylation sites is 2. The third-order valence-corrected chi connectivity index (χ3v) is 4.21. The first-order valence-electron chi connectivity index (χ1n) is 6.11. The highest BCUT2D eigenvalue weighted by Crippen LogP contribution is 2.32. The maximum atomic E-state index is 8.79. The third-order valence-electron chi connectivity index (χ3n) is 2.29. The highest BCUT2D eigenvalue weighted by Gasteiger charge is 2.10. The van der Waals surface area contributed by atoms with E-state index in [1.807, 2.05) is 38.1 Å². The minimum atomic E-state index is -0.133. The smallest absolute Gasteiger partial charge is 0.210 e. The first-order valence-corrected chi connectivity index (χ1v) is 7.81. The molecule has 2 aromatic rings. The molecule has 1 heterocycles. The number of benzene rings is 1. The van der Waals surface area contributed by atoms with Gasteiger partial charge in [-0.25, -0.2) is 0 Å². The lowest BCUT2D eigenvalue weighted by atomic mass is 10.3. The second-order valence-corrected chi connectivity index (χ2v) is 6.38. The minimum absolute atomic E-state index is 0.133. The Morgan fingerprint density at radius 1 is 1.45 bits per heavy atom. The van der Waals surface area contributed by atoms with Gasteiger partial charge in [0, 0.05) is 0 Å². The van der Waals surface area contributed by atoms with Crippen LogP contribution in [0.1, 0.15) is 13.8 Å². The van der Waals surface area contributed by atoms with E-state index >= 15 is 0 Å². The summed E-state index contributed by atoms with van der Waals surface area (Å²) in [6.45, 7) is 4.39. The van der Waals surface area contributed by atoms with Gasteiger partial charge < -0.3 is 10.1 Å². The lowest BCUT2D eigenvalue weighted by Gasteiger charge is -2.09. The van der Waals surface area contributed by atoms with E-state index in [1.165, 1.54) is 23.1 Å². The average molecular weight is 306 g/mol. The fraction of sp³-hybridized carbons (Fsp3) is 0.308. The van der Waals surface area contributed by atoms with Gasteiger partial charge >= 0.3 is 0 Å². The summed E-state index contributed by atoms with van der Waals surface area (Å²) in [5, 5.41) is 20.7. The number of anilines is 2. The Kier molecular flexibility index (Phi) is 5.21. The predicted molar refractivity (Wildman–Crippen MR) is 81.7 cm³/mol. The van der Waals surface area contributed by atoms with Crippen LogP contribution in [0.2, 0.25) is 0 Å². The summed E-state index contributed by atoms with van der Waals surface area (Å²) >= 11 is 2.82. The molecule has 1 atom stereocenters. The van der Waals surface area contributed by atoms with Gasteiger partial charge in [-0.05, 0) is 26.0 Å². The van der Waals surface area contributed by atoms with E-state index in [0.29, 0.717) is 11.7 Å². The van der Waals surface area contributed by atoms with E-state index < -0.39 is 0 Å². The average Bonchev–Trinajstić information content (AvgIpc) is 2.88. The Morgan fingerprint density at radius 3 is 3.00 bits per heavy atom. The molecule has 1 aromatic heterocycles. The number of nitrogens with one attached hydrogen (secondary N) is 1. The predicted octanol–water partition coefficient (Wildman–Crippen LogP) is 3.68. The quantitative estimate of drug-likeness (QED) is 0.821. The topological polar surface area (TPSA) is 70.8 Å². The Labute approximate surface area is 126 Å². The number of aromatic nitrogens is 2. The van der Waals surface area contributed by atoms with E-state index in [1.54, 1.807) is 0 Å². The monoisotopic (exact) mass is 306 g/mol. The molecule has 0 amide bonds. The molecule has 0 unspecified atom stereocenters. The van der Waals surface area contributed by atoms with Gasteiger partial charge in [-0.2, -0.15) is 5.26 Å². The van der Waals surface area contributed by atoms with Crippen LogP contribution in [0.3, 0.4) is 0 Å². The SMILES string of the molecule is CCOc1ccccc1Nc1nnc(S[C@@H](C)C#N)s1. The van der Waals surface area contributed by atoms with Crippen molar-refractivity contribution in [2.75, 3.05) is 11.9 Å². The molecule has 1 N–H and O–H groups in total. The summed E-state index contributed by atoms with van der Waals surface area (Å²) in [7, 11) is 0. The van der Waals surface area contributed by atoms with Gasteiger partial charge in [0.2, 0.25) is 5.13 Å². The van der Waals surface area contributed by atoms with Gasteiger partial charge in [0.05, 0.1) is 23.6 Å². The minimum Gasteiger partial charge on any atom is -0.492 e. The molecule has 104 valence electrons. The zero-order chi connectivity index (χ0) is 14.4. The van der Waals surface area contributed by atoms with Crippen molar-refractivity contribution in [1.29, 1.82) is 5.26 Å². The Bertz CT molecular complexity index is 608. The first-order chi connectivity index (χ1) is 9.72. The number of ether oxygens (including phenoxy) is 1. The molecule has 0 aliphatic rings. The van der Waals surface area contributed by atoms with Gasteiger partial charge in [0.1, 0.15) is 5.75 Å². The number of rotatable bonds is 6. The highest BCUT2D eigenvalue weighted by molar-refractivity contribution is 8.01. The van der Waals surface area contributed by atoms with Crippen LogP contribution in [0.4, 0.5) is 10.8 Å². The fourth-order valence-electron chi connectivity index (χ4n) is 1.45. The van der Waals surface area contributed by atoms with E-state index in [-0.39, 0.29) is 5.25 Å². The van der Waals surface area contributed by atoms with Crippen molar-refractivity contribution >= 4 is 33.9 Å². The number of nitriles is 1. The number of nitrogens with zero attached hydrogens (tertiary/aromatic N) is 3. The number of hydrogen-bond donors (Lipinski definition) is 1. The molecule has 0 saturated carbocycles. The summed E-state index contributed by atoms with van der Waals surface area (Å²) in [6, 6.07) is 9.84. The van der Waals surface area contributed by atoms with Crippen LogP contribution in [-0.2, 0) is 0 Å². The normalized spacial score (nSPS) is 11.7. The standard InChI is InChI=1S/C13H14N4OS2/c1-3-18-11-7-5-4-6-10(11)15-12-16-17-13(20-12)19-9(2)8-14/h4-7,9H,3H2,1-2H3,(H,15,16)/t9-/m0/s1. The molecule has 7 heteroatoms. The maximum Gasteiger partial charge on any atom is 0.210 e. The highest BCUT2D eigenvalue weighted by atomic mass is 32.2. The summed E-state index contributed by atoms with van der Waals surface area (Å²) in [6.07, 6.45) is 0. The summed E-state index contributed by atoms with van der Waals surface area (Å²) < 4.78 is 6.32. The molecular formula is C13H14N4OS2. The van der Waals surface area contributed by atoms with Gasteiger partial charge in [-0.15, -0.1) is 10.2 Å². The molecule has 0 radical (unpaired) electrons. The van der Waals surface area contributed by atoms with Crippen LogP contribution in [0, 0.1) is 11.3 Å². The van der Waals surface area contributed by atoms with Crippen molar-refractivity contribution in [3.63, 3.8) is 0 Å². The second-order valence-electron chi connectivity index (χ2n) is 3.82. The summed E-state index contributed by atoms with van der Waals surface area (Å²) in [5.74, 6) is 0.782. The van der Waals surface area contributed by atoms with E-state index in [0.717, 1.165) is 15.8 Å². The van der Waals surface area contributed by atoms with Crippen LogP contribution in [-0.4, -0.2) is 22.1 Å². The van der Waals surface area contributed by atoms with E-state index in [2.05, 4.69) is 21.6 Å². The molecule has 0 bridgehead atoms. The number of thioether (sulfide) groups is 1. The lowest BCUT2D eigenvalue weighted by Crippen LogP contribution is -1.97. The second kappa shape index (κ2) is 7.12. The van der Waals surface area contributed by atoms with Crippen molar-refractivity contribution in [2.24, 2.45) is 0 Å². The van der Waals surface area contributed by atoms with Gasteiger partial charge in [-0.1, -0.05) is 35.2 Å². The third kappa shape index (κ3) is 3.85. The summed E-state index contributed by atoms with van der Waals surface area (Å²) in [4.78, 5) is 0. The van der Waals surface area contributed by atoms with Crippen LogP contribution < -0.4 is 10.1 Å². The largest absolute Gasteiger partial charge is 0.492 e. The molecule has 20 heavy (non-hydrogen) atoms. The van der Waals surface area contributed by atoms with Gasteiger partial charge in [0.25, 0.3) is 0 Å². The molecule has 0 spiro atoms. The van der Waals surface area contributed by atoms with Crippen molar-refractivity contribution in [1.82, 2.24) is 10.2 Å². The number of hydrogen-bond acceptors (Lipinski definition) is 7. The first kappa shape index (κ1) is 14.6. The van der Waals surface area contributed by atoms with E-state index in [4.69, 9.17) is 10.00 Å². The van der Waals surface area contributed by atoms with Crippen molar-refractivity contribution in [2.45, 2.75) is 23.4 Å². The fourth-order valence-corrected chi connectivity index (χ4v) is 3.25. The van der Waals surface area contributed by atoms with Crippen LogP contribution in [0.5, 0.6) is 5.75 Å². The summed E-state index contributed by atoms with van der Waals surface area (Å²) in [5.41, 5.74) is 0.857. The molecule has 0 aliphatic heterocycles. The zero-order valence-corrected chi connectivity index (χ0v) is 12.8. The van der Waals surface area contributed by atoms with Crippen LogP contribution >= 0.6 is 23.1 Å². The lowest BCUT2D eigenvalue weighted by molar-refractivity contribution is 0.342. The Hall–Kier alpha value is -1.78. The van der Waals surface area contributed by atoms with Crippen molar-refractivity contribution in [3.05, 3.63) is 24.3 Å². The molecule has 0 fully saturated rings. The molecule has 0 aliphatic carbocycles. The zero-order valence-electron chi connectivity index (χ0n) is 11.2. The van der Waals surface area contributed by atoms with Crippen molar-refractivity contribution in [3.8, 4) is 11.8 Å². The molecular weight excluding hydrogens is 292 g/mol. The molecule has 0 saturated heterocycles. The molecule has 2 rings (SSSR count). The maximum absolute atomic E-state index is 8.79. The molecule has 5 nitrogen and oxygen atoms in total. The molecule has 1 aromatic carbocycles. The van der Waals surface area contributed by atoms with Crippen LogP contribution in [0.15, 0.2) is 28.6 Å². The van der Waals surface area contributed by atoms with Crippen LogP contribution in [0.25, 0.3) is 0 Å². The van der Waals surface area contributed by atoms with E-state index in [9.17, 15) is 0 Å². The van der Waals surface area contributed by atoms with Gasteiger partial charge in [0.15, 0.2) is 4.34 Å².